The van der Waals surface area contributed by atoms with Crippen molar-refractivity contribution in [2.24, 2.45) is 5.73 Å². The highest BCUT2D eigenvalue weighted by Gasteiger charge is 2.17. The average Bonchev–Trinajstić information content (AvgIpc) is 2.18. The van der Waals surface area contributed by atoms with Gasteiger partial charge in [-0.2, -0.15) is 0 Å². The highest BCUT2D eigenvalue weighted by Crippen LogP contribution is 2.31. The Morgan fingerprint density at radius 1 is 1.40 bits per heavy atom. The number of phenolic OH excluding ortho intramolecular Hbond substituents is 2. The van der Waals surface area contributed by atoms with Gasteiger partial charge >= 0.3 is 5.97 Å². The van der Waals surface area contributed by atoms with Crippen molar-refractivity contribution in [3.8, 4) is 11.5 Å². The molecule has 0 spiro atoms. The summed E-state index contributed by atoms with van der Waals surface area (Å²) in [5, 5.41) is 26.8. The molecule has 5 N–H and O–H groups in total. The van der Waals surface area contributed by atoms with Gasteiger partial charge in [-0.3, -0.25) is 4.79 Å². The summed E-state index contributed by atoms with van der Waals surface area (Å²) in [6, 6.07) is 0.896. The molecule has 0 radical (unpaired) electrons. The van der Waals surface area contributed by atoms with Crippen molar-refractivity contribution < 1.29 is 24.5 Å². The second kappa shape index (κ2) is 4.14. The Balaban J connectivity index is 2.97. The molecule has 82 valence electrons. The van der Waals surface area contributed by atoms with Crippen LogP contribution in [-0.2, 0) is 11.2 Å². The number of halogens is 1. The first-order valence-electron chi connectivity index (χ1n) is 4.11. The van der Waals surface area contributed by atoms with Crippen molar-refractivity contribution in [1.82, 2.24) is 0 Å². The van der Waals surface area contributed by atoms with E-state index in [0.717, 1.165) is 6.07 Å². The molecular weight excluding hydrogens is 205 g/mol. The van der Waals surface area contributed by atoms with Gasteiger partial charge < -0.3 is 21.1 Å². The molecule has 0 saturated heterocycles. The summed E-state index contributed by atoms with van der Waals surface area (Å²) in [5.41, 5.74) is 5.31. The van der Waals surface area contributed by atoms with E-state index < -0.39 is 29.3 Å². The van der Waals surface area contributed by atoms with Gasteiger partial charge in [-0.15, -0.1) is 0 Å². The monoisotopic (exact) mass is 215 g/mol. The van der Waals surface area contributed by atoms with E-state index in [1.807, 2.05) is 0 Å². The molecule has 15 heavy (non-hydrogen) atoms. The van der Waals surface area contributed by atoms with Crippen molar-refractivity contribution in [1.29, 1.82) is 0 Å². The fraction of sp³-hybridized carbons (Fsp3) is 0.222. The Labute approximate surface area is 84.6 Å². The lowest BCUT2D eigenvalue weighted by Crippen LogP contribution is -2.32. The van der Waals surface area contributed by atoms with Gasteiger partial charge in [0, 0.05) is 12.0 Å². The number of hydrogen-bond acceptors (Lipinski definition) is 4. The van der Waals surface area contributed by atoms with Crippen LogP contribution in [0.3, 0.4) is 0 Å². The van der Waals surface area contributed by atoms with Crippen LogP contribution in [0.15, 0.2) is 12.1 Å². The van der Waals surface area contributed by atoms with Crippen LogP contribution in [0.4, 0.5) is 4.39 Å². The van der Waals surface area contributed by atoms with Gasteiger partial charge in [0.25, 0.3) is 0 Å². The van der Waals surface area contributed by atoms with Gasteiger partial charge in [0.2, 0.25) is 0 Å². The predicted octanol–water partition coefficient (Wildman–Crippen LogP) is 0.191. The number of hydrogen-bond donors (Lipinski definition) is 4. The second-order valence-electron chi connectivity index (χ2n) is 3.05. The van der Waals surface area contributed by atoms with Crippen molar-refractivity contribution in [2.45, 2.75) is 12.5 Å². The van der Waals surface area contributed by atoms with E-state index in [1.54, 1.807) is 0 Å². The molecular formula is C9H10FNO4. The zero-order chi connectivity index (χ0) is 11.6. The lowest BCUT2D eigenvalue weighted by atomic mass is 10.0. The number of benzene rings is 1. The summed E-state index contributed by atoms with van der Waals surface area (Å²) in [5.74, 6) is -3.78. The van der Waals surface area contributed by atoms with E-state index in [9.17, 15) is 14.3 Å². The summed E-state index contributed by atoms with van der Waals surface area (Å²) in [6.07, 6.45) is -0.186. The largest absolute Gasteiger partial charge is 0.504 e. The Bertz CT molecular complexity index is 394. The number of carbonyl (C=O) groups is 1. The van der Waals surface area contributed by atoms with E-state index in [-0.39, 0.29) is 12.0 Å². The van der Waals surface area contributed by atoms with E-state index in [2.05, 4.69) is 0 Å². The first kappa shape index (κ1) is 11.3. The molecule has 0 aliphatic carbocycles. The number of aliphatic carboxylic acids is 1. The number of aromatic hydroxyl groups is 2. The number of carboxylic acids is 1. The fourth-order valence-corrected chi connectivity index (χ4v) is 1.09. The Morgan fingerprint density at radius 2 is 2.00 bits per heavy atom. The van der Waals surface area contributed by atoms with Gasteiger partial charge in [0.1, 0.15) is 6.04 Å². The Hall–Kier alpha value is -1.82. The predicted molar refractivity (Wildman–Crippen MR) is 49.0 cm³/mol. The van der Waals surface area contributed by atoms with E-state index >= 15 is 0 Å². The maximum absolute atomic E-state index is 12.7. The van der Waals surface area contributed by atoms with Crippen molar-refractivity contribution in [3.63, 3.8) is 0 Å². The minimum Gasteiger partial charge on any atom is -0.504 e. The number of carboxylic acid groups (broad SMARTS) is 1. The molecule has 0 amide bonds. The maximum Gasteiger partial charge on any atom is 0.320 e. The molecule has 1 rings (SSSR count). The zero-order valence-electron chi connectivity index (χ0n) is 7.64. The van der Waals surface area contributed by atoms with Crippen LogP contribution >= 0.6 is 0 Å². The minimum atomic E-state index is -1.24. The maximum atomic E-state index is 12.7. The first-order valence-corrected chi connectivity index (χ1v) is 4.11. The Morgan fingerprint density at radius 3 is 2.53 bits per heavy atom. The molecule has 1 unspecified atom stereocenters. The molecule has 0 aliphatic rings. The topological polar surface area (TPSA) is 104 Å². The van der Waals surface area contributed by atoms with Gasteiger partial charge in [-0.1, -0.05) is 6.07 Å². The standard InChI is InChI=1S/C9H10FNO4/c10-5-2-1-4(7(12)8(5)13)3-6(11)9(14)15/h1-2,6,12-13H,3,11H2,(H,14,15). The number of rotatable bonds is 3. The molecule has 0 bridgehead atoms. The molecule has 1 aromatic carbocycles. The lowest BCUT2D eigenvalue weighted by Gasteiger charge is -2.09. The van der Waals surface area contributed by atoms with E-state index in [1.165, 1.54) is 6.07 Å². The summed E-state index contributed by atoms with van der Waals surface area (Å²) in [4.78, 5) is 10.4. The zero-order valence-corrected chi connectivity index (χ0v) is 7.64. The molecule has 0 aromatic heterocycles. The molecule has 0 fully saturated rings. The summed E-state index contributed by atoms with van der Waals surface area (Å²) in [6.45, 7) is 0. The third kappa shape index (κ3) is 2.35. The van der Waals surface area contributed by atoms with Crippen LogP contribution in [0.25, 0.3) is 0 Å². The van der Waals surface area contributed by atoms with Crippen LogP contribution in [0, 0.1) is 5.82 Å². The quantitative estimate of drug-likeness (QED) is 0.539. The van der Waals surface area contributed by atoms with Crippen LogP contribution in [0.1, 0.15) is 5.56 Å². The summed E-state index contributed by atoms with van der Waals surface area (Å²) >= 11 is 0. The van der Waals surface area contributed by atoms with E-state index in [0.29, 0.717) is 0 Å². The SMILES string of the molecule is NC(Cc1ccc(F)c(O)c1O)C(=O)O. The van der Waals surface area contributed by atoms with Gasteiger partial charge in [-0.05, 0) is 6.07 Å². The summed E-state index contributed by atoms with van der Waals surface area (Å²) in [7, 11) is 0. The minimum absolute atomic E-state index is 0.0869. The van der Waals surface area contributed by atoms with E-state index in [4.69, 9.17) is 15.9 Å². The van der Waals surface area contributed by atoms with Gasteiger partial charge in [-0.25, -0.2) is 4.39 Å². The van der Waals surface area contributed by atoms with Crippen molar-refractivity contribution in [2.75, 3.05) is 0 Å². The van der Waals surface area contributed by atoms with Crippen LogP contribution in [0.2, 0.25) is 0 Å². The van der Waals surface area contributed by atoms with Crippen LogP contribution in [-0.4, -0.2) is 27.3 Å². The number of phenols is 2. The average molecular weight is 215 g/mol. The second-order valence-corrected chi connectivity index (χ2v) is 3.05. The Kier molecular flexibility index (Phi) is 3.11. The highest BCUT2D eigenvalue weighted by atomic mass is 19.1. The normalized spacial score (nSPS) is 12.4. The molecule has 1 atom stereocenters. The van der Waals surface area contributed by atoms with Gasteiger partial charge in [0.05, 0.1) is 0 Å². The number of nitrogens with two attached hydrogens (primary N) is 1. The third-order valence-electron chi connectivity index (χ3n) is 1.94. The summed E-state index contributed by atoms with van der Waals surface area (Å²) < 4.78 is 12.7. The molecule has 5 nitrogen and oxygen atoms in total. The van der Waals surface area contributed by atoms with Crippen molar-refractivity contribution in [3.05, 3.63) is 23.5 Å². The smallest absolute Gasteiger partial charge is 0.320 e. The first-order chi connectivity index (χ1) is 6.93. The van der Waals surface area contributed by atoms with Crippen molar-refractivity contribution >= 4 is 5.97 Å². The van der Waals surface area contributed by atoms with Gasteiger partial charge in [0.15, 0.2) is 17.3 Å². The van der Waals surface area contributed by atoms with Crippen LogP contribution < -0.4 is 5.73 Å². The molecule has 6 heteroatoms. The van der Waals surface area contributed by atoms with Crippen LogP contribution in [0.5, 0.6) is 11.5 Å². The highest BCUT2D eigenvalue weighted by molar-refractivity contribution is 5.73. The molecule has 0 aliphatic heterocycles. The third-order valence-corrected chi connectivity index (χ3v) is 1.94. The molecule has 1 aromatic rings. The molecule has 0 heterocycles. The molecule has 0 saturated carbocycles. The lowest BCUT2D eigenvalue weighted by molar-refractivity contribution is -0.138. The fourth-order valence-electron chi connectivity index (χ4n) is 1.09.